The normalized spacial score (nSPS) is 15.7. The maximum atomic E-state index is 6.03. The fourth-order valence-electron chi connectivity index (χ4n) is 2.67. The van der Waals surface area contributed by atoms with Crippen LogP contribution >= 0.6 is 15.9 Å². The van der Waals surface area contributed by atoms with Gasteiger partial charge >= 0.3 is 0 Å². The largest absolute Gasteiger partial charge is 0.382 e. The molecule has 0 unspecified atom stereocenters. The Labute approximate surface area is 123 Å². The quantitative estimate of drug-likeness (QED) is 0.782. The van der Waals surface area contributed by atoms with Gasteiger partial charge in [-0.1, -0.05) is 0 Å². The molecule has 7 heteroatoms. The first kappa shape index (κ1) is 11.9. The van der Waals surface area contributed by atoms with Crippen molar-refractivity contribution >= 4 is 27.3 Å². The molecule has 3 heterocycles. The predicted octanol–water partition coefficient (Wildman–Crippen LogP) is 2.66. The molecule has 0 spiro atoms. The van der Waals surface area contributed by atoms with Gasteiger partial charge in [-0.05, 0) is 47.3 Å². The molecule has 2 N–H and O–H groups in total. The third-order valence-corrected chi connectivity index (χ3v) is 4.47. The molecule has 0 saturated heterocycles. The predicted molar refractivity (Wildman–Crippen MR) is 79.2 cm³/mol. The highest BCUT2D eigenvalue weighted by atomic mass is 79.9. The van der Waals surface area contributed by atoms with Crippen LogP contribution in [0.3, 0.4) is 0 Å². The molecule has 1 saturated carbocycles. The van der Waals surface area contributed by atoms with E-state index in [0.717, 1.165) is 21.4 Å². The van der Waals surface area contributed by atoms with Gasteiger partial charge in [0.15, 0.2) is 5.82 Å². The SMILES string of the molecule is Nc1ncnn2c(Br)cc(-c3ccnn3C3CCC3)c12. The van der Waals surface area contributed by atoms with Crippen molar-refractivity contribution in [2.75, 3.05) is 5.73 Å². The summed E-state index contributed by atoms with van der Waals surface area (Å²) in [5.41, 5.74) is 8.93. The molecule has 6 nitrogen and oxygen atoms in total. The van der Waals surface area contributed by atoms with Crippen LogP contribution in [0.5, 0.6) is 0 Å². The highest BCUT2D eigenvalue weighted by Gasteiger charge is 2.24. The monoisotopic (exact) mass is 332 g/mol. The van der Waals surface area contributed by atoms with Crippen LogP contribution in [-0.2, 0) is 0 Å². The van der Waals surface area contributed by atoms with Crippen LogP contribution in [0.15, 0.2) is 29.3 Å². The minimum atomic E-state index is 0.474. The summed E-state index contributed by atoms with van der Waals surface area (Å²) >= 11 is 3.52. The topological polar surface area (TPSA) is 74.0 Å². The Balaban J connectivity index is 1.97. The van der Waals surface area contributed by atoms with Crippen molar-refractivity contribution < 1.29 is 0 Å². The van der Waals surface area contributed by atoms with Gasteiger partial charge in [-0.25, -0.2) is 9.50 Å². The lowest BCUT2D eigenvalue weighted by Gasteiger charge is -2.27. The Morgan fingerprint density at radius 2 is 2.15 bits per heavy atom. The highest BCUT2D eigenvalue weighted by Crippen LogP contribution is 2.38. The van der Waals surface area contributed by atoms with E-state index in [-0.39, 0.29) is 0 Å². The van der Waals surface area contributed by atoms with E-state index >= 15 is 0 Å². The van der Waals surface area contributed by atoms with Crippen molar-refractivity contribution in [3.63, 3.8) is 0 Å². The van der Waals surface area contributed by atoms with Crippen molar-refractivity contribution in [2.45, 2.75) is 25.3 Å². The summed E-state index contributed by atoms with van der Waals surface area (Å²) in [6.07, 6.45) is 6.95. The average Bonchev–Trinajstić information content (AvgIpc) is 2.94. The van der Waals surface area contributed by atoms with Gasteiger partial charge in [0.05, 0.1) is 11.7 Å². The summed E-state index contributed by atoms with van der Waals surface area (Å²) in [5, 5.41) is 8.70. The number of halogens is 1. The number of nitrogens with two attached hydrogens (primary N) is 1. The van der Waals surface area contributed by atoms with E-state index in [1.807, 2.05) is 18.3 Å². The van der Waals surface area contributed by atoms with Crippen molar-refractivity contribution in [3.05, 3.63) is 29.3 Å². The lowest BCUT2D eigenvalue weighted by molar-refractivity contribution is 0.292. The van der Waals surface area contributed by atoms with Crippen LogP contribution in [0.25, 0.3) is 16.8 Å². The van der Waals surface area contributed by atoms with Crippen LogP contribution in [0.2, 0.25) is 0 Å². The zero-order valence-corrected chi connectivity index (χ0v) is 12.3. The number of hydrogen-bond donors (Lipinski definition) is 1. The summed E-state index contributed by atoms with van der Waals surface area (Å²) in [5.74, 6) is 0.474. The minimum Gasteiger partial charge on any atom is -0.382 e. The summed E-state index contributed by atoms with van der Waals surface area (Å²) in [6, 6.07) is 4.54. The van der Waals surface area contributed by atoms with Crippen LogP contribution in [0.4, 0.5) is 5.82 Å². The second-order valence-electron chi connectivity index (χ2n) is 5.03. The second kappa shape index (κ2) is 4.31. The highest BCUT2D eigenvalue weighted by molar-refractivity contribution is 9.10. The lowest BCUT2D eigenvalue weighted by Crippen LogP contribution is -2.18. The molecular formula is C13H13BrN6. The van der Waals surface area contributed by atoms with Crippen molar-refractivity contribution in [1.82, 2.24) is 24.4 Å². The average molecular weight is 333 g/mol. The summed E-state index contributed by atoms with van der Waals surface area (Å²) in [6.45, 7) is 0. The first-order valence-corrected chi connectivity index (χ1v) is 7.36. The van der Waals surface area contributed by atoms with Gasteiger partial charge in [0.1, 0.15) is 16.4 Å². The van der Waals surface area contributed by atoms with E-state index in [2.05, 4.69) is 35.8 Å². The van der Waals surface area contributed by atoms with Crippen LogP contribution in [-0.4, -0.2) is 24.4 Å². The molecular weight excluding hydrogens is 320 g/mol. The fraction of sp³-hybridized carbons (Fsp3) is 0.308. The third-order valence-electron chi connectivity index (χ3n) is 3.91. The maximum absolute atomic E-state index is 6.03. The van der Waals surface area contributed by atoms with E-state index < -0.39 is 0 Å². The van der Waals surface area contributed by atoms with Crippen LogP contribution < -0.4 is 5.73 Å². The molecule has 1 fully saturated rings. The number of hydrogen-bond acceptors (Lipinski definition) is 4. The number of nitrogen functional groups attached to an aromatic ring is 1. The van der Waals surface area contributed by atoms with Gasteiger partial charge in [0.2, 0.25) is 0 Å². The first-order chi connectivity index (χ1) is 9.75. The maximum Gasteiger partial charge on any atom is 0.152 e. The first-order valence-electron chi connectivity index (χ1n) is 6.57. The van der Waals surface area contributed by atoms with Gasteiger partial charge in [0, 0.05) is 11.8 Å². The molecule has 3 aromatic heterocycles. The summed E-state index contributed by atoms with van der Waals surface area (Å²) < 4.78 is 4.71. The Kier molecular flexibility index (Phi) is 2.56. The molecule has 0 atom stereocenters. The molecule has 3 aromatic rings. The van der Waals surface area contributed by atoms with Gasteiger partial charge < -0.3 is 5.73 Å². The molecule has 102 valence electrons. The molecule has 4 rings (SSSR count). The molecule has 0 aromatic carbocycles. The van der Waals surface area contributed by atoms with E-state index in [9.17, 15) is 0 Å². The van der Waals surface area contributed by atoms with Crippen molar-refractivity contribution in [1.29, 1.82) is 0 Å². The Bertz CT molecular complexity index is 785. The van der Waals surface area contributed by atoms with Gasteiger partial charge in [-0.2, -0.15) is 10.2 Å². The molecule has 0 radical (unpaired) electrons. The number of rotatable bonds is 2. The van der Waals surface area contributed by atoms with Gasteiger partial charge in [0.25, 0.3) is 0 Å². The van der Waals surface area contributed by atoms with E-state index in [1.54, 1.807) is 4.52 Å². The summed E-state index contributed by atoms with van der Waals surface area (Å²) in [4.78, 5) is 4.10. The van der Waals surface area contributed by atoms with Crippen LogP contribution in [0.1, 0.15) is 25.3 Å². The second-order valence-corrected chi connectivity index (χ2v) is 5.84. The van der Waals surface area contributed by atoms with Crippen molar-refractivity contribution in [3.8, 4) is 11.3 Å². The zero-order chi connectivity index (χ0) is 13.7. The number of nitrogens with zero attached hydrogens (tertiary/aromatic N) is 5. The molecule has 0 bridgehead atoms. The van der Waals surface area contributed by atoms with Gasteiger partial charge in [-0.3, -0.25) is 4.68 Å². The molecule has 1 aliphatic carbocycles. The fourth-order valence-corrected chi connectivity index (χ4v) is 3.17. The Morgan fingerprint density at radius 3 is 2.90 bits per heavy atom. The molecule has 20 heavy (non-hydrogen) atoms. The van der Waals surface area contributed by atoms with E-state index in [4.69, 9.17) is 5.73 Å². The zero-order valence-electron chi connectivity index (χ0n) is 10.7. The smallest absolute Gasteiger partial charge is 0.152 e. The lowest BCUT2D eigenvalue weighted by atomic mass is 9.93. The number of anilines is 1. The Hall–Kier alpha value is -1.89. The standard InChI is InChI=1S/C13H13BrN6/c14-11-6-9(12-13(15)16-7-18-20(11)12)10-4-5-17-19(10)8-2-1-3-8/h4-8H,1-3H2,(H2,15,16,18). The molecule has 0 amide bonds. The summed E-state index contributed by atoms with van der Waals surface area (Å²) in [7, 11) is 0. The van der Waals surface area contributed by atoms with Crippen molar-refractivity contribution in [2.24, 2.45) is 0 Å². The Morgan fingerprint density at radius 1 is 1.30 bits per heavy atom. The number of fused-ring (bicyclic) bond motifs is 1. The molecule has 0 aliphatic heterocycles. The minimum absolute atomic E-state index is 0.474. The number of aromatic nitrogens is 5. The van der Waals surface area contributed by atoms with Gasteiger partial charge in [-0.15, -0.1) is 0 Å². The molecule has 1 aliphatic rings. The van der Waals surface area contributed by atoms with E-state index in [0.29, 0.717) is 11.9 Å². The third kappa shape index (κ3) is 1.59. The van der Waals surface area contributed by atoms with Crippen LogP contribution in [0, 0.1) is 0 Å². The van der Waals surface area contributed by atoms with E-state index in [1.165, 1.54) is 25.6 Å².